The van der Waals surface area contributed by atoms with Crippen molar-refractivity contribution in [2.75, 3.05) is 44.8 Å². The standard InChI is InChI=1S/C18H24N2O5/c1-2-23-17(22)14-3-5-15(6-4-14)19-13-16(21)20-9-7-18(8-10-20)24-11-12-25-18/h3-6,19H,2,7-13H2,1H3. The van der Waals surface area contributed by atoms with Gasteiger partial charge in [0.15, 0.2) is 5.79 Å². The van der Waals surface area contributed by atoms with Gasteiger partial charge in [-0.2, -0.15) is 0 Å². The summed E-state index contributed by atoms with van der Waals surface area (Å²) in [6.45, 7) is 4.89. The average molecular weight is 348 g/mol. The Bertz CT molecular complexity index is 600. The highest BCUT2D eigenvalue weighted by atomic mass is 16.7. The van der Waals surface area contributed by atoms with Crippen LogP contribution in [-0.2, 0) is 19.0 Å². The number of hydrogen-bond donors (Lipinski definition) is 1. The van der Waals surface area contributed by atoms with Crippen LogP contribution in [0.1, 0.15) is 30.1 Å². The van der Waals surface area contributed by atoms with Crippen LogP contribution in [-0.4, -0.2) is 62.0 Å². The van der Waals surface area contributed by atoms with Crippen LogP contribution in [0, 0.1) is 0 Å². The fourth-order valence-corrected chi connectivity index (χ4v) is 3.11. The Morgan fingerprint density at radius 2 is 1.80 bits per heavy atom. The van der Waals surface area contributed by atoms with E-state index in [0.29, 0.717) is 51.3 Å². The molecule has 1 N–H and O–H groups in total. The maximum absolute atomic E-state index is 12.3. The number of carbonyl (C=O) groups excluding carboxylic acids is 2. The summed E-state index contributed by atoms with van der Waals surface area (Å²) in [5.41, 5.74) is 1.29. The van der Waals surface area contributed by atoms with Gasteiger partial charge in [0.2, 0.25) is 5.91 Å². The Labute approximate surface area is 147 Å². The summed E-state index contributed by atoms with van der Waals surface area (Å²) in [5, 5.41) is 3.10. The summed E-state index contributed by atoms with van der Waals surface area (Å²) >= 11 is 0. The number of likely N-dealkylation sites (tertiary alicyclic amines) is 1. The van der Waals surface area contributed by atoms with Crippen LogP contribution >= 0.6 is 0 Å². The molecular weight excluding hydrogens is 324 g/mol. The Morgan fingerprint density at radius 1 is 1.16 bits per heavy atom. The molecule has 2 saturated heterocycles. The fraction of sp³-hybridized carbons (Fsp3) is 0.556. The Hall–Kier alpha value is -2.12. The zero-order chi connectivity index (χ0) is 17.7. The molecule has 1 spiro atoms. The molecule has 1 amide bonds. The van der Waals surface area contributed by atoms with Gasteiger partial charge in [0.25, 0.3) is 0 Å². The lowest BCUT2D eigenvalue weighted by atomic mass is 10.0. The maximum Gasteiger partial charge on any atom is 0.338 e. The minimum absolute atomic E-state index is 0.0438. The Balaban J connectivity index is 1.45. The van der Waals surface area contributed by atoms with Gasteiger partial charge in [-0.05, 0) is 31.2 Å². The highest BCUT2D eigenvalue weighted by Gasteiger charge is 2.40. The topological polar surface area (TPSA) is 77.1 Å². The molecule has 2 aliphatic rings. The van der Waals surface area contributed by atoms with Gasteiger partial charge in [0.1, 0.15) is 0 Å². The number of anilines is 1. The maximum atomic E-state index is 12.3. The van der Waals surface area contributed by atoms with Crippen molar-refractivity contribution in [3.63, 3.8) is 0 Å². The van der Waals surface area contributed by atoms with E-state index in [1.807, 2.05) is 4.90 Å². The van der Waals surface area contributed by atoms with Gasteiger partial charge >= 0.3 is 5.97 Å². The molecule has 0 bridgehead atoms. The first-order valence-corrected chi connectivity index (χ1v) is 8.69. The molecule has 0 aromatic heterocycles. The van der Waals surface area contributed by atoms with Crippen molar-refractivity contribution in [1.82, 2.24) is 4.90 Å². The van der Waals surface area contributed by atoms with Crippen LogP contribution in [0.2, 0.25) is 0 Å². The molecule has 2 aliphatic heterocycles. The number of esters is 1. The third kappa shape index (κ3) is 4.29. The second-order valence-electron chi connectivity index (χ2n) is 6.14. The first-order chi connectivity index (χ1) is 12.1. The van der Waals surface area contributed by atoms with E-state index in [4.69, 9.17) is 14.2 Å². The number of carbonyl (C=O) groups is 2. The summed E-state index contributed by atoms with van der Waals surface area (Å²) in [4.78, 5) is 25.8. The highest BCUT2D eigenvalue weighted by molar-refractivity contribution is 5.90. The van der Waals surface area contributed by atoms with Crippen molar-refractivity contribution in [3.05, 3.63) is 29.8 Å². The highest BCUT2D eigenvalue weighted by Crippen LogP contribution is 2.31. The number of piperidine rings is 1. The molecular formula is C18H24N2O5. The van der Waals surface area contributed by atoms with E-state index in [0.717, 1.165) is 5.69 Å². The van der Waals surface area contributed by atoms with E-state index >= 15 is 0 Å². The van der Waals surface area contributed by atoms with Crippen LogP contribution in [0.4, 0.5) is 5.69 Å². The van der Waals surface area contributed by atoms with Gasteiger partial charge in [-0.15, -0.1) is 0 Å². The van der Waals surface area contributed by atoms with E-state index in [9.17, 15) is 9.59 Å². The van der Waals surface area contributed by atoms with Crippen LogP contribution in [0.15, 0.2) is 24.3 Å². The lowest BCUT2D eigenvalue weighted by Crippen LogP contribution is -2.48. The number of hydrogen-bond acceptors (Lipinski definition) is 6. The number of amides is 1. The van der Waals surface area contributed by atoms with Crippen molar-refractivity contribution in [2.24, 2.45) is 0 Å². The molecule has 136 valence electrons. The van der Waals surface area contributed by atoms with Crippen molar-refractivity contribution in [2.45, 2.75) is 25.6 Å². The van der Waals surface area contributed by atoms with E-state index in [-0.39, 0.29) is 18.4 Å². The first-order valence-electron chi connectivity index (χ1n) is 8.69. The van der Waals surface area contributed by atoms with E-state index < -0.39 is 5.79 Å². The lowest BCUT2D eigenvalue weighted by Gasteiger charge is -2.37. The van der Waals surface area contributed by atoms with Crippen molar-refractivity contribution in [1.29, 1.82) is 0 Å². The molecule has 0 saturated carbocycles. The molecule has 3 rings (SSSR count). The van der Waals surface area contributed by atoms with E-state index in [2.05, 4.69) is 5.32 Å². The lowest BCUT2D eigenvalue weighted by molar-refractivity contribution is -0.187. The second-order valence-corrected chi connectivity index (χ2v) is 6.14. The Kier molecular flexibility index (Phi) is 5.55. The van der Waals surface area contributed by atoms with Crippen molar-refractivity contribution < 1.29 is 23.8 Å². The largest absolute Gasteiger partial charge is 0.462 e. The van der Waals surface area contributed by atoms with Crippen LogP contribution in [0.3, 0.4) is 0 Å². The van der Waals surface area contributed by atoms with Crippen LogP contribution in [0.25, 0.3) is 0 Å². The minimum atomic E-state index is -0.465. The fourth-order valence-electron chi connectivity index (χ4n) is 3.11. The van der Waals surface area contributed by atoms with E-state index in [1.165, 1.54) is 0 Å². The summed E-state index contributed by atoms with van der Waals surface area (Å²) in [6.07, 6.45) is 1.43. The van der Waals surface area contributed by atoms with Gasteiger partial charge in [0.05, 0.1) is 31.9 Å². The minimum Gasteiger partial charge on any atom is -0.462 e. The summed E-state index contributed by atoms with van der Waals surface area (Å²) in [5.74, 6) is -0.765. The van der Waals surface area contributed by atoms with Crippen LogP contribution in [0.5, 0.6) is 0 Å². The zero-order valence-electron chi connectivity index (χ0n) is 14.5. The predicted octanol–water partition coefficient (Wildman–Crippen LogP) is 1.64. The summed E-state index contributed by atoms with van der Waals surface area (Å²) in [7, 11) is 0. The summed E-state index contributed by atoms with van der Waals surface area (Å²) < 4.78 is 16.3. The molecule has 2 fully saturated rings. The molecule has 0 atom stereocenters. The third-order valence-electron chi connectivity index (χ3n) is 4.53. The van der Waals surface area contributed by atoms with Gasteiger partial charge in [-0.25, -0.2) is 4.79 Å². The number of ether oxygens (including phenoxy) is 3. The van der Waals surface area contributed by atoms with Gasteiger partial charge in [-0.3, -0.25) is 4.79 Å². The monoisotopic (exact) mass is 348 g/mol. The second kappa shape index (κ2) is 7.84. The first kappa shape index (κ1) is 17.7. The van der Waals surface area contributed by atoms with Gasteiger partial charge < -0.3 is 24.4 Å². The molecule has 7 heteroatoms. The summed E-state index contributed by atoms with van der Waals surface area (Å²) in [6, 6.07) is 6.91. The van der Waals surface area contributed by atoms with Gasteiger partial charge in [-0.1, -0.05) is 0 Å². The molecule has 0 aliphatic carbocycles. The molecule has 0 unspecified atom stereocenters. The number of nitrogens with one attached hydrogen (secondary N) is 1. The zero-order valence-corrected chi connectivity index (χ0v) is 14.5. The molecule has 0 radical (unpaired) electrons. The average Bonchev–Trinajstić information content (AvgIpc) is 3.09. The smallest absolute Gasteiger partial charge is 0.338 e. The number of nitrogens with zero attached hydrogens (tertiary/aromatic N) is 1. The number of rotatable bonds is 5. The normalized spacial score (nSPS) is 19.0. The molecule has 7 nitrogen and oxygen atoms in total. The number of benzene rings is 1. The SMILES string of the molecule is CCOC(=O)c1ccc(NCC(=O)N2CCC3(CC2)OCCO3)cc1. The van der Waals surface area contributed by atoms with E-state index in [1.54, 1.807) is 31.2 Å². The molecule has 1 aromatic carbocycles. The third-order valence-corrected chi connectivity index (χ3v) is 4.53. The van der Waals surface area contributed by atoms with Crippen molar-refractivity contribution >= 4 is 17.6 Å². The predicted molar refractivity (Wildman–Crippen MR) is 91.3 cm³/mol. The quantitative estimate of drug-likeness (QED) is 0.815. The van der Waals surface area contributed by atoms with Gasteiger partial charge in [0, 0.05) is 31.6 Å². The molecule has 2 heterocycles. The molecule has 25 heavy (non-hydrogen) atoms. The Morgan fingerprint density at radius 3 is 2.40 bits per heavy atom. The van der Waals surface area contributed by atoms with Crippen LogP contribution < -0.4 is 5.32 Å². The molecule has 1 aromatic rings. The van der Waals surface area contributed by atoms with Crippen molar-refractivity contribution in [3.8, 4) is 0 Å².